The van der Waals surface area contributed by atoms with Crippen molar-refractivity contribution in [3.63, 3.8) is 0 Å². The van der Waals surface area contributed by atoms with Crippen molar-refractivity contribution >= 4 is 67.4 Å². The molecule has 6 aromatic carbocycles. The van der Waals surface area contributed by atoms with Crippen molar-refractivity contribution in [1.82, 2.24) is 15.2 Å². The van der Waals surface area contributed by atoms with Crippen LogP contribution in [0.4, 0.5) is 0 Å². The van der Waals surface area contributed by atoms with Crippen LogP contribution in [0.1, 0.15) is 47.8 Å². The quantitative estimate of drug-likeness (QED) is 0.185. The second kappa shape index (κ2) is 12.8. The number of hydrogen-bond acceptors (Lipinski definition) is 5. The predicted octanol–water partition coefficient (Wildman–Crippen LogP) is 10.3. The molecule has 3 aliphatic rings. The van der Waals surface area contributed by atoms with E-state index in [0.717, 1.165) is 97.8 Å². The first-order valence-electron chi connectivity index (χ1n) is 20.0. The molecule has 9 aromatic rings. The molecule has 2 aliphatic carbocycles. The van der Waals surface area contributed by atoms with Gasteiger partial charge in [-0.3, -0.25) is 5.32 Å². The van der Waals surface area contributed by atoms with Gasteiger partial charge in [0.05, 0.1) is 5.52 Å². The summed E-state index contributed by atoms with van der Waals surface area (Å²) in [7, 11) is 0. The molecule has 6 nitrogen and oxygen atoms in total. The maximum absolute atomic E-state index is 6.67. The van der Waals surface area contributed by atoms with E-state index in [9.17, 15) is 0 Å². The summed E-state index contributed by atoms with van der Waals surface area (Å²) in [5.41, 5.74) is 14.4. The fraction of sp³-hybridized carbons (Fsp3) is 0.118. The van der Waals surface area contributed by atoms with Crippen molar-refractivity contribution in [2.45, 2.75) is 38.0 Å². The van der Waals surface area contributed by atoms with E-state index in [1.807, 2.05) is 6.07 Å². The van der Waals surface area contributed by atoms with Gasteiger partial charge in [0.25, 0.3) is 0 Å². The predicted molar refractivity (Wildman–Crippen MR) is 232 cm³/mol. The summed E-state index contributed by atoms with van der Waals surface area (Å²) in [5.74, 6) is 0.889. The third kappa shape index (κ3) is 5.25. The number of nitrogens with zero attached hydrogens (tertiary/aromatic N) is 2. The molecule has 0 spiro atoms. The van der Waals surface area contributed by atoms with Gasteiger partial charge in [0.1, 0.15) is 40.3 Å². The fourth-order valence-electron chi connectivity index (χ4n) is 9.38. The van der Waals surface area contributed by atoms with Crippen LogP contribution in [-0.4, -0.2) is 16.6 Å². The Balaban J connectivity index is 0.924. The van der Waals surface area contributed by atoms with Crippen molar-refractivity contribution in [3.8, 4) is 16.8 Å². The number of furan rings is 2. The molecule has 57 heavy (non-hydrogen) atoms. The standard InChI is InChI=1S/C51H38N4O2/c1-3-12-31(13-4-1)49-52-50(32-14-5-2-6-15-32)54-51(53-49)40-18-11-21-45-48(40)39-25-22-34(29-46(39)57-45)33-23-27-44-41(28-33)38-26-24-35(30-47(38)56-44)55-42-19-9-7-16-36(42)37-17-8-10-20-43(37)55/h1-9,12-17,19,21-30,49,51,53H,10-11,18,20H2,(H,52,54). The van der Waals surface area contributed by atoms with Crippen LogP contribution in [0.15, 0.2) is 159 Å². The summed E-state index contributed by atoms with van der Waals surface area (Å²) >= 11 is 0. The number of amidine groups is 1. The normalized spacial score (nSPS) is 17.8. The molecule has 0 amide bonds. The molecule has 4 heterocycles. The number of nitrogens with one attached hydrogen (secondary N) is 2. The third-order valence-corrected chi connectivity index (χ3v) is 12.1. The number of hydrogen-bond donors (Lipinski definition) is 2. The van der Waals surface area contributed by atoms with Crippen LogP contribution >= 0.6 is 0 Å². The fourth-order valence-corrected chi connectivity index (χ4v) is 9.38. The topological polar surface area (TPSA) is 67.6 Å². The van der Waals surface area contributed by atoms with Crippen molar-refractivity contribution in [3.05, 3.63) is 179 Å². The zero-order valence-electron chi connectivity index (χ0n) is 31.2. The minimum Gasteiger partial charge on any atom is -0.456 e. The lowest BCUT2D eigenvalue weighted by molar-refractivity contribution is 0.452. The lowest BCUT2D eigenvalue weighted by Gasteiger charge is -2.33. The Labute approximate surface area is 328 Å². The molecule has 12 rings (SSSR count). The molecular formula is C51H38N4O2. The van der Waals surface area contributed by atoms with Crippen molar-refractivity contribution < 1.29 is 8.83 Å². The first-order chi connectivity index (χ1) is 28.2. The second-order valence-electron chi connectivity index (χ2n) is 15.4. The monoisotopic (exact) mass is 738 g/mol. The number of aromatic nitrogens is 1. The van der Waals surface area contributed by atoms with Gasteiger partial charge in [-0.1, -0.05) is 103 Å². The second-order valence-corrected chi connectivity index (χ2v) is 15.4. The van der Waals surface area contributed by atoms with Gasteiger partial charge in [0.15, 0.2) is 0 Å². The van der Waals surface area contributed by atoms with Crippen LogP contribution in [-0.2, 0) is 6.42 Å². The summed E-state index contributed by atoms with van der Waals surface area (Å²) in [6, 6.07) is 49.5. The van der Waals surface area contributed by atoms with E-state index in [0.29, 0.717) is 0 Å². The van der Waals surface area contributed by atoms with E-state index in [1.54, 1.807) is 0 Å². The third-order valence-electron chi connectivity index (χ3n) is 12.1. The molecule has 274 valence electrons. The van der Waals surface area contributed by atoms with Crippen molar-refractivity contribution in [2.24, 2.45) is 4.99 Å². The number of benzene rings is 6. The first kappa shape index (κ1) is 32.4. The van der Waals surface area contributed by atoms with Gasteiger partial charge in [0, 0.05) is 55.3 Å². The highest BCUT2D eigenvalue weighted by Gasteiger charge is 2.29. The summed E-state index contributed by atoms with van der Waals surface area (Å²) in [6.45, 7) is 0. The minimum atomic E-state index is -0.184. The molecule has 3 aromatic heterocycles. The molecule has 0 saturated heterocycles. The van der Waals surface area contributed by atoms with Gasteiger partial charge in [-0.05, 0) is 96.5 Å². The van der Waals surface area contributed by atoms with E-state index < -0.39 is 0 Å². The Morgan fingerprint density at radius 3 is 2.32 bits per heavy atom. The Bertz CT molecular complexity index is 3260. The molecule has 2 unspecified atom stereocenters. The number of allylic oxidation sites excluding steroid dienone is 1. The Morgan fingerprint density at radius 1 is 0.614 bits per heavy atom. The zero-order chi connectivity index (χ0) is 37.5. The SMILES string of the molecule is C1=Cc2c(n(-c3ccc4c(c3)oc3ccc(-c5ccc6c7c(oc6c5)=CCCC=7C5NC(c6ccccc6)=NC(c6ccccc6)N5)cc34)c3ccccc23)CC1. The number of rotatable bonds is 5. The van der Waals surface area contributed by atoms with Crippen LogP contribution in [0.25, 0.3) is 78.4 Å². The molecule has 0 saturated carbocycles. The summed E-state index contributed by atoms with van der Waals surface area (Å²) in [6.07, 6.45) is 10.4. The van der Waals surface area contributed by atoms with Crippen LogP contribution in [0.2, 0.25) is 0 Å². The van der Waals surface area contributed by atoms with Crippen LogP contribution < -0.4 is 21.3 Å². The van der Waals surface area contributed by atoms with Crippen LogP contribution in [0.3, 0.4) is 0 Å². The van der Waals surface area contributed by atoms with E-state index in [4.69, 9.17) is 13.8 Å². The molecule has 0 fully saturated rings. The average molecular weight is 739 g/mol. The lowest BCUT2D eigenvalue weighted by Crippen LogP contribution is -2.54. The van der Waals surface area contributed by atoms with Gasteiger partial charge in [-0.15, -0.1) is 0 Å². The number of aliphatic imine (C=N–C) groups is 1. The Morgan fingerprint density at radius 2 is 1.40 bits per heavy atom. The van der Waals surface area contributed by atoms with Gasteiger partial charge in [0.2, 0.25) is 0 Å². The largest absolute Gasteiger partial charge is 0.456 e. The highest BCUT2D eigenvalue weighted by Crippen LogP contribution is 2.38. The average Bonchev–Trinajstić information content (AvgIpc) is 3.95. The highest BCUT2D eigenvalue weighted by atomic mass is 16.3. The smallest absolute Gasteiger partial charge is 0.137 e. The van der Waals surface area contributed by atoms with Crippen molar-refractivity contribution in [2.75, 3.05) is 0 Å². The first-order valence-corrected chi connectivity index (χ1v) is 20.0. The van der Waals surface area contributed by atoms with Gasteiger partial charge < -0.3 is 18.7 Å². The van der Waals surface area contributed by atoms with Gasteiger partial charge >= 0.3 is 0 Å². The molecule has 0 radical (unpaired) electrons. The molecule has 0 bridgehead atoms. The van der Waals surface area contributed by atoms with E-state index in [1.165, 1.54) is 33.0 Å². The zero-order valence-corrected chi connectivity index (χ0v) is 31.2. The lowest BCUT2D eigenvalue weighted by atomic mass is 9.96. The van der Waals surface area contributed by atoms with Crippen LogP contribution in [0.5, 0.6) is 0 Å². The maximum Gasteiger partial charge on any atom is 0.137 e. The molecular weight excluding hydrogens is 701 g/mol. The maximum atomic E-state index is 6.67. The summed E-state index contributed by atoms with van der Waals surface area (Å²) < 4.78 is 15.6. The molecule has 1 aliphatic heterocycles. The molecule has 6 heteroatoms. The van der Waals surface area contributed by atoms with E-state index in [-0.39, 0.29) is 12.3 Å². The Hall–Kier alpha value is -6.89. The number of fused-ring (bicyclic) bond motifs is 9. The molecule has 2 atom stereocenters. The summed E-state index contributed by atoms with van der Waals surface area (Å²) in [5, 5.41) is 13.4. The van der Waals surface area contributed by atoms with E-state index in [2.05, 4.69) is 167 Å². The van der Waals surface area contributed by atoms with Crippen molar-refractivity contribution in [1.29, 1.82) is 0 Å². The highest BCUT2D eigenvalue weighted by molar-refractivity contribution is 6.07. The number of para-hydroxylation sites is 1. The van der Waals surface area contributed by atoms with E-state index >= 15 is 0 Å². The van der Waals surface area contributed by atoms with Gasteiger partial charge in [-0.2, -0.15) is 0 Å². The van der Waals surface area contributed by atoms with Crippen LogP contribution in [0, 0.1) is 0 Å². The minimum absolute atomic E-state index is 0.119. The summed E-state index contributed by atoms with van der Waals surface area (Å²) in [4.78, 5) is 5.14. The Kier molecular flexibility index (Phi) is 7.29. The van der Waals surface area contributed by atoms with Gasteiger partial charge in [-0.25, -0.2) is 4.99 Å². The molecule has 2 N–H and O–H groups in total.